The van der Waals surface area contributed by atoms with Crippen molar-refractivity contribution in [2.75, 3.05) is 0 Å². The summed E-state index contributed by atoms with van der Waals surface area (Å²) in [6.07, 6.45) is -0.594. The fourth-order valence-electron chi connectivity index (χ4n) is 0.657. The summed E-state index contributed by atoms with van der Waals surface area (Å²) in [4.78, 5) is 10.3. The predicted octanol–water partition coefficient (Wildman–Crippen LogP) is -1.85. The third kappa shape index (κ3) is 0.801. The molecule has 4 nitrogen and oxygen atoms in total. The molecule has 1 rings (SSSR count). The Bertz CT molecular complexity index is 103. The summed E-state index contributed by atoms with van der Waals surface area (Å²) in [5, 5.41) is 11.0. The minimum atomic E-state index is -0.831. The molecule has 0 bridgehead atoms. The minimum Gasteiger partial charge on any atom is -0.372 e. The van der Waals surface area contributed by atoms with Crippen LogP contribution in [0.4, 0.5) is 0 Å². The highest BCUT2D eigenvalue weighted by Gasteiger charge is 2.26. The fraction of sp³-hybridized carbons (Fsp3) is 0.750. The lowest BCUT2D eigenvalue weighted by atomic mass is 10.3. The van der Waals surface area contributed by atoms with Gasteiger partial charge in [0.2, 0.25) is 5.91 Å². The number of rotatable bonds is 0. The first kappa shape index (κ1) is 5.53. The number of carbonyl (C=O) groups is 1. The van der Waals surface area contributed by atoms with Gasteiger partial charge in [-0.25, -0.2) is 0 Å². The summed E-state index contributed by atoms with van der Waals surface area (Å²) in [5.74, 6) is -0.176. The Hall–Kier alpha value is -0.610. The van der Waals surface area contributed by atoms with E-state index in [9.17, 15) is 4.79 Å². The van der Waals surface area contributed by atoms with E-state index in [2.05, 4.69) is 5.32 Å². The monoisotopic (exact) mass is 116 g/mol. The summed E-state index contributed by atoms with van der Waals surface area (Å²) in [5.41, 5.74) is 5.24. The van der Waals surface area contributed by atoms with E-state index < -0.39 is 12.3 Å². The molecule has 0 aliphatic carbocycles. The van der Waals surface area contributed by atoms with Crippen molar-refractivity contribution in [2.24, 2.45) is 5.73 Å². The van der Waals surface area contributed by atoms with Crippen molar-refractivity contribution in [1.29, 1.82) is 0 Å². The molecule has 1 aliphatic rings. The molecule has 0 aromatic rings. The molecule has 1 saturated heterocycles. The minimum absolute atomic E-state index is 0.176. The van der Waals surface area contributed by atoms with E-state index in [4.69, 9.17) is 10.8 Å². The van der Waals surface area contributed by atoms with Gasteiger partial charge in [-0.15, -0.1) is 0 Å². The van der Waals surface area contributed by atoms with Crippen LogP contribution in [0.25, 0.3) is 0 Å². The van der Waals surface area contributed by atoms with Crippen molar-refractivity contribution < 1.29 is 9.90 Å². The van der Waals surface area contributed by atoms with Gasteiger partial charge in [0.15, 0.2) is 0 Å². The molecule has 4 N–H and O–H groups in total. The molecule has 8 heavy (non-hydrogen) atoms. The highest BCUT2D eigenvalue weighted by Crippen LogP contribution is 2.00. The van der Waals surface area contributed by atoms with E-state index >= 15 is 0 Å². The van der Waals surface area contributed by atoms with Crippen molar-refractivity contribution in [1.82, 2.24) is 5.32 Å². The van der Waals surface area contributed by atoms with Gasteiger partial charge in [0.05, 0.1) is 6.04 Å². The van der Waals surface area contributed by atoms with Crippen LogP contribution >= 0.6 is 0 Å². The fourth-order valence-corrected chi connectivity index (χ4v) is 0.657. The maximum absolute atomic E-state index is 10.3. The van der Waals surface area contributed by atoms with Crippen LogP contribution < -0.4 is 11.1 Å². The molecule has 0 saturated carbocycles. The summed E-state index contributed by atoms with van der Waals surface area (Å²) >= 11 is 0. The van der Waals surface area contributed by atoms with Crippen molar-refractivity contribution in [3.05, 3.63) is 0 Å². The van der Waals surface area contributed by atoms with Gasteiger partial charge in [0.25, 0.3) is 0 Å². The highest BCUT2D eigenvalue weighted by atomic mass is 16.3. The zero-order valence-corrected chi connectivity index (χ0v) is 4.29. The molecule has 4 heteroatoms. The van der Waals surface area contributed by atoms with E-state index in [-0.39, 0.29) is 12.3 Å². The van der Waals surface area contributed by atoms with Gasteiger partial charge in [0.1, 0.15) is 6.23 Å². The van der Waals surface area contributed by atoms with Crippen LogP contribution in [0.5, 0.6) is 0 Å². The molecule has 1 amide bonds. The SMILES string of the molecule is N[C@@H]1CC(=O)NC1O. The summed E-state index contributed by atoms with van der Waals surface area (Å²) in [6.45, 7) is 0. The number of carbonyl (C=O) groups excluding carboxylic acids is 1. The lowest BCUT2D eigenvalue weighted by Crippen LogP contribution is -2.36. The molecule has 0 spiro atoms. The van der Waals surface area contributed by atoms with Crippen LogP contribution in [-0.4, -0.2) is 23.3 Å². The summed E-state index contributed by atoms with van der Waals surface area (Å²) in [6, 6.07) is -0.414. The van der Waals surface area contributed by atoms with Gasteiger partial charge in [-0.2, -0.15) is 0 Å². The molecular formula is C4H8N2O2. The quantitative estimate of drug-likeness (QED) is 0.348. The number of aliphatic hydroxyl groups excluding tert-OH is 1. The average molecular weight is 116 g/mol. The zero-order valence-electron chi connectivity index (χ0n) is 4.29. The summed E-state index contributed by atoms with van der Waals surface area (Å²) in [7, 11) is 0. The normalized spacial score (nSPS) is 37.5. The second-order valence-electron chi connectivity index (χ2n) is 1.88. The molecule has 1 fully saturated rings. The van der Waals surface area contributed by atoms with Gasteiger partial charge in [0, 0.05) is 6.42 Å². The molecule has 1 unspecified atom stereocenters. The number of nitrogens with two attached hydrogens (primary N) is 1. The number of nitrogens with one attached hydrogen (secondary N) is 1. The number of aliphatic hydroxyl groups is 1. The standard InChI is InChI=1S/C4H8N2O2/c5-2-1-3(7)6-4(2)8/h2,4,8H,1,5H2,(H,6,7)/t2-,4?/m1/s1. The van der Waals surface area contributed by atoms with Crippen LogP contribution in [-0.2, 0) is 4.79 Å². The Kier molecular flexibility index (Phi) is 1.19. The lowest BCUT2D eigenvalue weighted by Gasteiger charge is -2.04. The topological polar surface area (TPSA) is 75.4 Å². The van der Waals surface area contributed by atoms with Crippen LogP contribution in [0.2, 0.25) is 0 Å². The van der Waals surface area contributed by atoms with E-state index in [0.29, 0.717) is 0 Å². The Morgan fingerprint density at radius 3 is 2.62 bits per heavy atom. The maximum Gasteiger partial charge on any atom is 0.223 e. The molecule has 1 aliphatic heterocycles. The van der Waals surface area contributed by atoms with Gasteiger partial charge in [-0.3, -0.25) is 4.79 Å². The first-order chi connectivity index (χ1) is 3.70. The second kappa shape index (κ2) is 1.72. The first-order valence-electron chi connectivity index (χ1n) is 2.43. The van der Waals surface area contributed by atoms with Crippen LogP contribution in [0.15, 0.2) is 0 Å². The second-order valence-corrected chi connectivity index (χ2v) is 1.88. The Balaban J connectivity index is 2.51. The highest BCUT2D eigenvalue weighted by molar-refractivity contribution is 5.79. The maximum atomic E-state index is 10.3. The van der Waals surface area contributed by atoms with Crippen LogP contribution in [0.1, 0.15) is 6.42 Å². The smallest absolute Gasteiger partial charge is 0.223 e. The summed E-state index contributed by atoms with van der Waals surface area (Å²) < 4.78 is 0. The van der Waals surface area contributed by atoms with Gasteiger partial charge in [-0.05, 0) is 0 Å². The number of hydrogen-bond acceptors (Lipinski definition) is 3. The van der Waals surface area contributed by atoms with Crippen molar-refractivity contribution in [3.8, 4) is 0 Å². The molecular weight excluding hydrogens is 108 g/mol. The predicted molar refractivity (Wildman–Crippen MR) is 26.7 cm³/mol. The number of amides is 1. The average Bonchev–Trinajstić information content (AvgIpc) is 1.85. The van der Waals surface area contributed by atoms with Crippen LogP contribution in [0.3, 0.4) is 0 Å². The van der Waals surface area contributed by atoms with E-state index in [1.165, 1.54) is 0 Å². The zero-order chi connectivity index (χ0) is 6.15. The van der Waals surface area contributed by atoms with Gasteiger partial charge >= 0.3 is 0 Å². The lowest BCUT2D eigenvalue weighted by molar-refractivity contribution is -0.120. The Morgan fingerprint density at radius 2 is 2.50 bits per heavy atom. The number of hydrogen-bond donors (Lipinski definition) is 3. The Labute approximate surface area is 46.7 Å². The van der Waals surface area contributed by atoms with Crippen molar-refractivity contribution >= 4 is 5.91 Å². The molecule has 2 atom stereocenters. The molecule has 46 valence electrons. The van der Waals surface area contributed by atoms with Crippen LogP contribution in [0, 0.1) is 0 Å². The first-order valence-corrected chi connectivity index (χ1v) is 2.43. The Morgan fingerprint density at radius 1 is 1.88 bits per heavy atom. The van der Waals surface area contributed by atoms with Gasteiger partial charge in [-0.1, -0.05) is 0 Å². The van der Waals surface area contributed by atoms with E-state index in [1.807, 2.05) is 0 Å². The third-order valence-electron chi connectivity index (χ3n) is 1.14. The molecule has 0 radical (unpaired) electrons. The van der Waals surface area contributed by atoms with Gasteiger partial charge < -0.3 is 16.2 Å². The largest absolute Gasteiger partial charge is 0.372 e. The molecule has 1 heterocycles. The van der Waals surface area contributed by atoms with Crippen molar-refractivity contribution in [2.45, 2.75) is 18.7 Å². The van der Waals surface area contributed by atoms with E-state index in [0.717, 1.165) is 0 Å². The molecule has 0 aromatic carbocycles. The van der Waals surface area contributed by atoms with Crippen molar-refractivity contribution in [3.63, 3.8) is 0 Å². The third-order valence-corrected chi connectivity index (χ3v) is 1.14. The molecule has 0 aromatic heterocycles. The van der Waals surface area contributed by atoms with E-state index in [1.54, 1.807) is 0 Å².